The lowest BCUT2D eigenvalue weighted by atomic mass is 9.97. The average molecular weight is 630 g/mol. The van der Waals surface area contributed by atoms with Crippen LogP contribution >= 0.6 is 0 Å². The van der Waals surface area contributed by atoms with Gasteiger partial charge in [-0.15, -0.1) is 0 Å². The van der Waals surface area contributed by atoms with Crippen LogP contribution in [-0.2, 0) is 4.79 Å². The van der Waals surface area contributed by atoms with Crippen molar-refractivity contribution in [1.82, 2.24) is 19.6 Å². The van der Waals surface area contributed by atoms with Crippen molar-refractivity contribution in [3.8, 4) is 17.0 Å². The second kappa shape index (κ2) is 13.3. The van der Waals surface area contributed by atoms with E-state index in [0.717, 1.165) is 21.2 Å². The fraction of sp³-hybridized carbons (Fsp3) is 0.0256. The molecule has 0 fully saturated rings. The third kappa shape index (κ3) is 6.33. The number of benzene rings is 4. The number of ketones is 1. The van der Waals surface area contributed by atoms with Crippen molar-refractivity contribution in [2.45, 2.75) is 0 Å². The molecule has 3 heterocycles. The quantitative estimate of drug-likeness (QED) is 0.180. The topological polar surface area (TPSA) is 116 Å². The Bertz CT molecular complexity index is 2370. The van der Waals surface area contributed by atoms with Gasteiger partial charge in [-0.2, -0.15) is 4.68 Å². The van der Waals surface area contributed by atoms with Gasteiger partial charge in [-0.3, -0.25) is 19.8 Å². The van der Waals surface area contributed by atoms with Crippen LogP contribution in [0.5, 0.6) is 5.75 Å². The third-order valence-corrected chi connectivity index (χ3v) is 7.63. The van der Waals surface area contributed by atoms with Crippen LogP contribution in [0.1, 0.15) is 27.3 Å². The second-order valence-corrected chi connectivity index (χ2v) is 10.8. The largest absolute Gasteiger partial charge is 0.484 e. The molecule has 1 amide bonds. The number of nitrogens with zero attached hydrogens (tertiary/aromatic N) is 4. The molecule has 48 heavy (non-hydrogen) atoms. The van der Waals surface area contributed by atoms with E-state index in [0.29, 0.717) is 39.1 Å². The minimum atomic E-state index is -0.563. The number of carbonyl (C=O) groups is 2. The average Bonchev–Trinajstić information content (AvgIpc) is 3.14. The highest BCUT2D eigenvalue weighted by molar-refractivity contribution is 6.13. The number of nitrogens with one attached hydrogen (secondary N) is 1. The molecule has 9 nitrogen and oxygen atoms in total. The number of aromatic nitrogens is 4. The third-order valence-electron chi connectivity index (χ3n) is 7.63. The number of ether oxygens (including phenoxy) is 1. The Hall–Kier alpha value is -6.74. The predicted molar refractivity (Wildman–Crippen MR) is 186 cm³/mol. The maximum Gasteiger partial charge on any atom is 0.280 e. The Kier molecular flexibility index (Phi) is 8.31. The van der Waals surface area contributed by atoms with E-state index in [1.807, 2.05) is 78.9 Å². The highest BCUT2D eigenvalue weighted by Gasteiger charge is 2.19. The van der Waals surface area contributed by atoms with E-state index in [-0.39, 0.29) is 18.2 Å². The lowest BCUT2D eigenvalue weighted by molar-refractivity contribution is -0.119. The molecule has 0 atom stereocenters. The molecule has 7 rings (SSSR count). The summed E-state index contributed by atoms with van der Waals surface area (Å²) < 4.78 is 6.85. The van der Waals surface area contributed by atoms with Crippen LogP contribution < -0.4 is 15.7 Å². The fourth-order valence-corrected chi connectivity index (χ4v) is 5.26. The maximum absolute atomic E-state index is 13.8. The molecule has 0 saturated carbocycles. The molecule has 9 heteroatoms. The van der Waals surface area contributed by atoms with Gasteiger partial charge in [0.2, 0.25) is 0 Å². The van der Waals surface area contributed by atoms with Crippen molar-refractivity contribution in [2.75, 3.05) is 12.0 Å². The molecular formula is C39H27N5O4. The molecule has 3 aromatic heterocycles. The highest BCUT2D eigenvalue weighted by Crippen LogP contribution is 2.27. The minimum absolute atomic E-state index is 0.212. The number of hydrogen-bond acceptors (Lipinski definition) is 7. The van der Waals surface area contributed by atoms with Crippen molar-refractivity contribution >= 4 is 45.8 Å². The number of hydrogen-bond donors (Lipinski definition) is 1. The number of rotatable bonds is 9. The summed E-state index contributed by atoms with van der Waals surface area (Å²) in [6, 6.07) is 38.0. The number of fused-ring (bicyclic) bond motifs is 2. The van der Waals surface area contributed by atoms with Crippen LogP contribution in [0, 0.1) is 0 Å². The highest BCUT2D eigenvalue weighted by atomic mass is 16.5. The summed E-state index contributed by atoms with van der Waals surface area (Å²) in [5, 5.41) is 1.12. The summed E-state index contributed by atoms with van der Waals surface area (Å²) >= 11 is 0. The van der Waals surface area contributed by atoms with Gasteiger partial charge in [0.1, 0.15) is 5.75 Å². The van der Waals surface area contributed by atoms with E-state index in [1.54, 1.807) is 66.9 Å². The molecule has 232 valence electrons. The molecule has 1 N–H and O–H groups in total. The number of pyridine rings is 2. The zero-order valence-corrected chi connectivity index (χ0v) is 25.5. The normalized spacial score (nSPS) is 11.2. The van der Waals surface area contributed by atoms with Crippen LogP contribution in [0.2, 0.25) is 0 Å². The molecule has 0 aliphatic rings. The van der Waals surface area contributed by atoms with Gasteiger partial charge >= 0.3 is 0 Å². The summed E-state index contributed by atoms with van der Waals surface area (Å²) in [5.74, 6) is -0.144. The molecule has 0 bridgehead atoms. The molecule has 0 aliphatic carbocycles. The minimum Gasteiger partial charge on any atom is -0.484 e. The zero-order valence-electron chi connectivity index (χ0n) is 25.5. The van der Waals surface area contributed by atoms with Crippen LogP contribution in [0.3, 0.4) is 0 Å². The van der Waals surface area contributed by atoms with Gasteiger partial charge < -0.3 is 4.74 Å². The second-order valence-electron chi connectivity index (χ2n) is 10.8. The van der Waals surface area contributed by atoms with Gasteiger partial charge in [0.15, 0.2) is 23.9 Å². The monoisotopic (exact) mass is 629 g/mol. The first-order valence-corrected chi connectivity index (χ1v) is 15.2. The molecule has 4 aromatic carbocycles. The maximum atomic E-state index is 13.8. The van der Waals surface area contributed by atoms with Gasteiger partial charge in [-0.1, -0.05) is 78.9 Å². The van der Waals surface area contributed by atoms with Gasteiger partial charge in [0, 0.05) is 28.3 Å². The Balaban J connectivity index is 1.09. The summed E-state index contributed by atoms with van der Waals surface area (Å²) in [7, 11) is 0. The first kappa shape index (κ1) is 29.9. The molecule has 0 aliphatic heterocycles. The SMILES string of the molecule is O=C(COc1ccc(C(=O)c2cc3cccnc3nc2-c2ccccc2)cc1)Nn1c(/C=C/c2ccccc2)nc2ccccc2c1=O. The lowest BCUT2D eigenvalue weighted by Gasteiger charge is -2.13. The van der Waals surface area contributed by atoms with E-state index in [1.165, 1.54) is 0 Å². The Morgan fingerprint density at radius 2 is 1.50 bits per heavy atom. The Labute approximate surface area is 274 Å². The van der Waals surface area contributed by atoms with Crippen LogP contribution in [-0.4, -0.2) is 37.9 Å². The summed E-state index contributed by atoms with van der Waals surface area (Å²) in [4.78, 5) is 53.8. The van der Waals surface area contributed by atoms with E-state index in [9.17, 15) is 14.4 Å². The van der Waals surface area contributed by atoms with Gasteiger partial charge in [0.25, 0.3) is 11.5 Å². The van der Waals surface area contributed by atoms with E-state index in [2.05, 4.69) is 15.4 Å². The molecule has 7 aromatic rings. The molecule has 0 radical (unpaired) electrons. The number of carbonyl (C=O) groups excluding carboxylic acids is 2. The smallest absolute Gasteiger partial charge is 0.280 e. The number of amides is 1. The molecule has 0 saturated heterocycles. The van der Waals surface area contributed by atoms with Crippen molar-refractivity contribution < 1.29 is 14.3 Å². The van der Waals surface area contributed by atoms with Crippen molar-refractivity contribution in [3.05, 3.63) is 166 Å². The van der Waals surface area contributed by atoms with Crippen LogP contribution in [0.25, 0.3) is 45.3 Å². The predicted octanol–water partition coefficient (Wildman–Crippen LogP) is 6.56. The standard InChI is InChI=1S/C39H27N5O4/c45-35(43-44-34(22-17-26-10-3-1-4-11-26)41-33-16-8-7-15-31(33)39(44)47)25-48-30-20-18-28(19-21-30)37(46)32-24-29-14-9-23-40-38(29)42-36(32)27-12-5-2-6-13-27/h1-24H,25H2,(H,43,45)/b22-17+. The van der Waals surface area contributed by atoms with E-state index >= 15 is 0 Å². The lowest BCUT2D eigenvalue weighted by Crippen LogP contribution is -2.37. The Morgan fingerprint density at radius 3 is 2.29 bits per heavy atom. The van der Waals surface area contributed by atoms with Gasteiger partial charge in [-0.05, 0) is 66.2 Å². The molecular weight excluding hydrogens is 602 g/mol. The van der Waals surface area contributed by atoms with Crippen molar-refractivity contribution in [3.63, 3.8) is 0 Å². The molecule has 0 spiro atoms. The summed E-state index contributed by atoms with van der Waals surface area (Å²) in [6.45, 7) is -0.381. The van der Waals surface area contributed by atoms with Gasteiger partial charge in [-0.25, -0.2) is 15.0 Å². The van der Waals surface area contributed by atoms with Crippen molar-refractivity contribution in [2.24, 2.45) is 0 Å². The zero-order chi connectivity index (χ0) is 32.9. The van der Waals surface area contributed by atoms with Gasteiger partial charge in [0.05, 0.1) is 16.6 Å². The summed E-state index contributed by atoms with van der Waals surface area (Å²) in [5.41, 5.74) is 6.40. The fourth-order valence-electron chi connectivity index (χ4n) is 5.26. The van der Waals surface area contributed by atoms with E-state index in [4.69, 9.17) is 9.72 Å². The van der Waals surface area contributed by atoms with E-state index < -0.39 is 11.5 Å². The summed E-state index contributed by atoms with van der Waals surface area (Å²) in [6.07, 6.45) is 5.15. The van der Waals surface area contributed by atoms with Crippen molar-refractivity contribution in [1.29, 1.82) is 0 Å². The Morgan fingerprint density at radius 1 is 0.771 bits per heavy atom. The number of para-hydroxylation sites is 1. The van der Waals surface area contributed by atoms with Crippen LogP contribution in [0.15, 0.2) is 138 Å². The molecule has 0 unspecified atom stereocenters. The van der Waals surface area contributed by atoms with Crippen LogP contribution in [0.4, 0.5) is 0 Å². The first-order valence-electron chi connectivity index (χ1n) is 15.2. The first-order chi connectivity index (χ1) is 23.5.